The summed E-state index contributed by atoms with van der Waals surface area (Å²) < 4.78 is 0.863. The molecule has 0 amide bonds. The van der Waals surface area contributed by atoms with Crippen molar-refractivity contribution in [3.05, 3.63) is 34.5 Å². The summed E-state index contributed by atoms with van der Waals surface area (Å²) in [4.78, 5) is 20.6. The van der Waals surface area contributed by atoms with Gasteiger partial charge in [0.05, 0.1) is 0 Å². The van der Waals surface area contributed by atoms with Crippen LogP contribution in [0.1, 0.15) is 0 Å². The Labute approximate surface area is 99.7 Å². The van der Waals surface area contributed by atoms with Gasteiger partial charge in [-0.25, -0.2) is 4.98 Å². The number of hydrogen-bond acceptors (Lipinski definition) is 6. The third-order valence-corrected chi connectivity index (χ3v) is 3.55. The SMILES string of the molecule is Nc1nc(N)c2c(=O)c3ccccc3sc2n1. The quantitative estimate of drug-likeness (QED) is 0.582. The molecule has 3 rings (SSSR count). The molecule has 2 aromatic heterocycles. The minimum absolute atomic E-state index is 0.0842. The molecule has 0 bridgehead atoms. The summed E-state index contributed by atoms with van der Waals surface area (Å²) in [5.74, 6) is 0.223. The van der Waals surface area contributed by atoms with Gasteiger partial charge in [0.1, 0.15) is 16.0 Å². The van der Waals surface area contributed by atoms with Crippen molar-refractivity contribution >= 4 is 43.4 Å². The number of rotatable bonds is 0. The number of nitrogens with two attached hydrogens (primary N) is 2. The molecule has 0 radical (unpaired) electrons. The summed E-state index contributed by atoms with van der Waals surface area (Å²) >= 11 is 1.38. The van der Waals surface area contributed by atoms with Crippen LogP contribution < -0.4 is 16.9 Å². The van der Waals surface area contributed by atoms with Crippen molar-refractivity contribution in [1.82, 2.24) is 9.97 Å². The highest BCUT2D eigenvalue weighted by atomic mass is 32.1. The lowest BCUT2D eigenvalue weighted by Gasteiger charge is -2.02. The smallest absolute Gasteiger partial charge is 0.223 e. The van der Waals surface area contributed by atoms with Crippen LogP contribution >= 0.6 is 11.3 Å². The number of anilines is 2. The third kappa shape index (κ3) is 1.42. The fraction of sp³-hybridized carbons (Fsp3) is 0. The maximum Gasteiger partial charge on any atom is 0.223 e. The van der Waals surface area contributed by atoms with E-state index in [4.69, 9.17) is 11.5 Å². The van der Waals surface area contributed by atoms with Crippen molar-refractivity contribution in [2.24, 2.45) is 0 Å². The maximum atomic E-state index is 12.2. The Morgan fingerprint density at radius 2 is 1.88 bits per heavy atom. The van der Waals surface area contributed by atoms with Crippen LogP contribution in [0.5, 0.6) is 0 Å². The normalized spacial score (nSPS) is 11.1. The van der Waals surface area contributed by atoms with Gasteiger partial charge in [0.15, 0.2) is 0 Å². The third-order valence-electron chi connectivity index (χ3n) is 2.49. The average Bonchev–Trinajstić information content (AvgIpc) is 2.28. The van der Waals surface area contributed by atoms with Crippen molar-refractivity contribution in [2.45, 2.75) is 0 Å². The highest BCUT2D eigenvalue weighted by Crippen LogP contribution is 2.25. The van der Waals surface area contributed by atoms with Gasteiger partial charge in [0.25, 0.3) is 0 Å². The van der Waals surface area contributed by atoms with Gasteiger partial charge >= 0.3 is 0 Å². The van der Waals surface area contributed by atoms with Gasteiger partial charge in [-0.2, -0.15) is 4.98 Å². The van der Waals surface area contributed by atoms with Crippen molar-refractivity contribution in [1.29, 1.82) is 0 Å². The molecule has 0 atom stereocenters. The van der Waals surface area contributed by atoms with Crippen molar-refractivity contribution in [3.63, 3.8) is 0 Å². The van der Waals surface area contributed by atoms with Gasteiger partial charge in [-0.15, -0.1) is 11.3 Å². The van der Waals surface area contributed by atoms with Crippen LogP contribution in [0.2, 0.25) is 0 Å². The van der Waals surface area contributed by atoms with Crippen LogP contribution in [-0.2, 0) is 0 Å². The topological polar surface area (TPSA) is 94.9 Å². The van der Waals surface area contributed by atoms with Gasteiger partial charge < -0.3 is 11.5 Å². The Kier molecular flexibility index (Phi) is 1.99. The Balaban J connectivity index is 2.64. The van der Waals surface area contributed by atoms with Crippen molar-refractivity contribution in [2.75, 3.05) is 11.5 Å². The second-order valence-corrected chi connectivity index (χ2v) is 4.61. The van der Waals surface area contributed by atoms with Gasteiger partial charge in [-0.1, -0.05) is 12.1 Å². The van der Waals surface area contributed by atoms with E-state index in [0.717, 1.165) is 4.70 Å². The first-order valence-corrected chi connectivity index (χ1v) is 5.73. The van der Waals surface area contributed by atoms with E-state index in [1.807, 2.05) is 18.2 Å². The second kappa shape index (κ2) is 3.39. The monoisotopic (exact) mass is 244 g/mol. The average molecular weight is 244 g/mol. The van der Waals surface area contributed by atoms with E-state index >= 15 is 0 Å². The second-order valence-electron chi connectivity index (χ2n) is 3.57. The van der Waals surface area contributed by atoms with Crippen LogP contribution in [-0.4, -0.2) is 9.97 Å². The van der Waals surface area contributed by atoms with E-state index in [0.29, 0.717) is 15.6 Å². The Morgan fingerprint density at radius 1 is 1.12 bits per heavy atom. The molecule has 0 aliphatic rings. The molecule has 4 N–H and O–H groups in total. The molecule has 0 unspecified atom stereocenters. The van der Waals surface area contributed by atoms with E-state index in [1.54, 1.807) is 6.07 Å². The molecule has 6 heteroatoms. The molecule has 2 heterocycles. The van der Waals surface area contributed by atoms with Gasteiger partial charge in [0.2, 0.25) is 11.4 Å². The zero-order valence-corrected chi connectivity index (χ0v) is 9.49. The number of fused-ring (bicyclic) bond motifs is 2. The molecule has 0 aliphatic carbocycles. The zero-order chi connectivity index (χ0) is 12.0. The van der Waals surface area contributed by atoms with Crippen LogP contribution in [0.25, 0.3) is 20.3 Å². The summed E-state index contributed by atoms with van der Waals surface area (Å²) in [6.45, 7) is 0. The van der Waals surface area contributed by atoms with E-state index in [1.165, 1.54) is 11.3 Å². The molecular formula is C11H8N4OS. The van der Waals surface area contributed by atoms with Gasteiger partial charge in [-0.3, -0.25) is 4.79 Å². The summed E-state index contributed by atoms with van der Waals surface area (Å²) in [5.41, 5.74) is 11.1. The number of nitrogens with zero attached hydrogens (tertiary/aromatic N) is 2. The van der Waals surface area contributed by atoms with Crippen LogP contribution in [0.3, 0.4) is 0 Å². The van der Waals surface area contributed by atoms with E-state index in [9.17, 15) is 4.79 Å². The summed E-state index contributed by atoms with van der Waals surface area (Å²) in [6, 6.07) is 7.33. The van der Waals surface area contributed by atoms with Crippen LogP contribution in [0.4, 0.5) is 11.8 Å². The molecule has 0 saturated carbocycles. The minimum atomic E-state index is -0.146. The van der Waals surface area contributed by atoms with E-state index in [-0.39, 0.29) is 17.2 Å². The first-order chi connectivity index (χ1) is 8.16. The summed E-state index contributed by atoms with van der Waals surface area (Å²) in [6.07, 6.45) is 0. The first kappa shape index (κ1) is 9.98. The van der Waals surface area contributed by atoms with E-state index in [2.05, 4.69) is 9.97 Å². The lowest BCUT2D eigenvalue weighted by atomic mass is 10.2. The molecule has 84 valence electrons. The fourth-order valence-corrected chi connectivity index (χ4v) is 2.81. The Morgan fingerprint density at radius 3 is 2.71 bits per heavy atom. The number of benzene rings is 1. The molecule has 0 aliphatic heterocycles. The van der Waals surface area contributed by atoms with Crippen LogP contribution in [0.15, 0.2) is 29.1 Å². The van der Waals surface area contributed by atoms with E-state index < -0.39 is 0 Å². The predicted molar refractivity (Wildman–Crippen MR) is 70.0 cm³/mol. The molecule has 3 aromatic rings. The zero-order valence-electron chi connectivity index (χ0n) is 8.68. The maximum absolute atomic E-state index is 12.2. The first-order valence-electron chi connectivity index (χ1n) is 4.91. The highest BCUT2D eigenvalue weighted by Gasteiger charge is 2.11. The summed E-state index contributed by atoms with van der Waals surface area (Å²) in [7, 11) is 0. The predicted octanol–water partition coefficient (Wildman–Crippen LogP) is 1.37. The molecule has 0 saturated heterocycles. The lowest BCUT2D eigenvalue weighted by Crippen LogP contribution is -2.08. The van der Waals surface area contributed by atoms with Gasteiger partial charge in [0, 0.05) is 10.1 Å². The van der Waals surface area contributed by atoms with Crippen molar-refractivity contribution < 1.29 is 0 Å². The number of nitrogen functional groups attached to an aromatic ring is 2. The summed E-state index contributed by atoms with van der Waals surface area (Å²) in [5, 5.41) is 0.980. The largest absolute Gasteiger partial charge is 0.383 e. The lowest BCUT2D eigenvalue weighted by molar-refractivity contribution is 1.25. The Hall–Kier alpha value is -2.21. The Bertz CT molecular complexity index is 796. The highest BCUT2D eigenvalue weighted by molar-refractivity contribution is 7.24. The van der Waals surface area contributed by atoms with Crippen molar-refractivity contribution in [3.8, 4) is 0 Å². The molecule has 5 nitrogen and oxygen atoms in total. The molecular weight excluding hydrogens is 236 g/mol. The number of hydrogen-bond donors (Lipinski definition) is 2. The molecule has 0 fully saturated rings. The molecule has 0 spiro atoms. The molecule has 1 aromatic carbocycles. The standard InChI is InChI=1S/C11H8N4OS/c12-9-7-8(16)5-3-1-2-4-6(5)17-10(7)15-11(13)14-9/h1-4H,(H4,12,13,14,15). The van der Waals surface area contributed by atoms with Crippen LogP contribution in [0, 0.1) is 0 Å². The number of aromatic nitrogens is 2. The fourth-order valence-electron chi connectivity index (χ4n) is 1.74. The van der Waals surface area contributed by atoms with Gasteiger partial charge in [-0.05, 0) is 12.1 Å². The molecule has 17 heavy (non-hydrogen) atoms. The minimum Gasteiger partial charge on any atom is -0.383 e.